The number of aliphatic carboxylic acids is 1. The predicted molar refractivity (Wildman–Crippen MR) is 82.0 cm³/mol. The minimum absolute atomic E-state index is 0.201. The average Bonchev–Trinajstić information content (AvgIpc) is 2.94. The van der Waals surface area contributed by atoms with Crippen LogP contribution in [0.25, 0.3) is 5.69 Å². The maximum absolute atomic E-state index is 12.2. The van der Waals surface area contributed by atoms with Crippen LogP contribution >= 0.6 is 0 Å². The van der Waals surface area contributed by atoms with Gasteiger partial charge in [-0.25, -0.2) is 9.48 Å². The van der Waals surface area contributed by atoms with Crippen molar-refractivity contribution in [3.05, 3.63) is 47.8 Å². The van der Waals surface area contributed by atoms with Crippen LogP contribution in [-0.2, 0) is 4.79 Å². The molecule has 1 aromatic carbocycles. The largest absolute Gasteiger partial charge is 0.480 e. The minimum Gasteiger partial charge on any atom is -0.480 e. The minimum atomic E-state index is -1.05. The van der Waals surface area contributed by atoms with E-state index >= 15 is 0 Å². The van der Waals surface area contributed by atoms with Crippen LogP contribution in [0.15, 0.2) is 36.7 Å². The number of nitrogens with one attached hydrogen (secondary N) is 1. The number of benzene rings is 1. The Bertz CT molecular complexity index is 691. The molecule has 0 aliphatic heterocycles. The van der Waals surface area contributed by atoms with Crippen molar-refractivity contribution in [2.45, 2.75) is 26.8 Å². The van der Waals surface area contributed by atoms with Crippen LogP contribution in [0.3, 0.4) is 0 Å². The monoisotopic (exact) mass is 301 g/mol. The first-order chi connectivity index (χ1) is 10.4. The fourth-order valence-corrected chi connectivity index (χ4v) is 2.13. The summed E-state index contributed by atoms with van der Waals surface area (Å²) in [5, 5.41) is 15.8. The van der Waals surface area contributed by atoms with Crippen molar-refractivity contribution < 1.29 is 14.7 Å². The first-order valence-electron chi connectivity index (χ1n) is 7.04. The Morgan fingerprint density at radius 2 is 1.95 bits per heavy atom. The molecule has 1 atom stereocenters. The number of carbonyl (C=O) groups excluding carboxylic acids is 1. The summed E-state index contributed by atoms with van der Waals surface area (Å²) in [6, 6.07) is 6.75. The molecular weight excluding hydrogens is 282 g/mol. The molecule has 2 rings (SSSR count). The number of aryl methyl sites for hydroxylation is 1. The number of carboxylic acid groups (broad SMARTS) is 1. The van der Waals surface area contributed by atoms with Gasteiger partial charge in [0, 0.05) is 6.20 Å². The van der Waals surface area contributed by atoms with Crippen LogP contribution in [0.5, 0.6) is 0 Å². The van der Waals surface area contributed by atoms with E-state index in [9.17, 15) is 9.59 Å². The standard InChI is InChI=1S/C16H19N3O3/c1-10(2)14(16(21)22)18-15(20)12-8-17-19(9-12)13-7-5-4-6-11(13)3/h4-10,14H,1-3H3,(H,18,20)(H,21,22). The van der Waals surface area contributed by atoms with Crippen molar-refractivity contribution in [2.75, 3.05) is 0 Å². The highest BCUT2D eigenvalue weighted by Gasteiger charge is 2.24. The molecule has 0 spiro atoms. The van der Waals surface area contributed by atoms with Crippen molar-refractivity contribution in [3.8, 4) is 5.69 Å². The number of para-hydroxylation sites is 1. The van der Waals surface area contributed by atoms with Crippen LogP contribution in [0.2, 0.25) is 0 Å². The lowest BCUT2D eigenvalue weighted by molar-refractivity contribution is -0.140. The van der Waals surface area contributed by atoms with Gasteiger partial charge in [-0.2, -0.15) is 5.10 Å². The molecule has 22 heavy (non-hydrogen) atoms. The summed E-state index contributed by atoms with van der Waals surface area (Å²) in [4.78, 5) is 23.3. The molecule has 0 bridgehead atoms. The van der Waals surface area contributed by atoms with Gasteiger partial charge in [0.05, 0.1) is 17.4 Å². The Balaban J connectivity index is 2.19. The third-order valence-corrected chi connectivity index (χ3v) is 3.43. The van der Waals surface area contributed by atoms with Crippen LogP contribution in [0.4, 0.5) is 0 Å². The molecule has 2 N–H and O–H groups in total. The van der Waals surface area contributed by atoms with Gasteiger partial charge in [0.1, 0.15) is 6.04 Å². The summed E-state index contributed by atoms with van der Waals surface area (Å²) in [7, 11) is 0. The molecule has 0 fully saturated rings. The summed E-state index contributed by atoms with van der Waals surface area (Å²) in [6.45, 7) is 5.45. The normalized spacial score (nSPS) is 12.2. The Hall–Kier alpha value is -2.63. The van der Waals surface area contributed by atoms with Gasteiger partial charge in [0.25, 0.3) is 5.91 Å². The van der Waals surface area contributed by atoms with Gasteiger partial charge in [0.2, 0.25) is 0 Å². The SMILES string of the molecule is Cc1ccccc1-n1cc(C(=O)NC(C(=O)O)C(C)C)cn1. The third kappa shape index (κ3) is 3.33. The van der Waals surface area contributed by atoms with Gasteiger partial charge < -0.3 is 10.4 Å². The van der Waals surface area contributed by atoms with Crippen molar-refractivity contribution in [1.29, 1.82) is 0 Å². The number of amides is 1. The number of hydrogen-bond donors (Lipinski definition) is 2. The van der Waals surface area contributed by atoms with Crippen LogP contribution in [0, 0.1) is 12.8 Å². The second-order valence-corrected chi connectivity index (χ2v) is 5.49. The first kappa shape index (κ1) is 15.8. The average molecular weight is 301 g/mol. The maximum atomic E-state index is 12.2. The fraction of sp³-hybridized carbons (Fsp3) is 0.312. The van der Waals surface area contributed by atoms with Crippen LogP contribution in [0.1, 0.15) is 29.8 Å². The molecule has 6 nitrogen and oxygen atoms in total. The van der Waals surface area contributed by atoms with Crippen molar-refractivity contribution in [2.24, 2.45) is 5.92 Å². The number of aromatic nitrogens is 2. The molecule has 0 saturated carbocycles. The number of rotatable bonds is 5. The van der Waals surface area contributed by atoms with Gasteiger partial charge in [-0.1, -0.05) is 32.0 Å². The molecule has 6 heteroatoms. The second-order valence-electron chi connectivity index (χ2n) is 5.49. The smallest absolute Gasteiger partial charge is 0.326 e. The quantitative estimate of drug-likeness (QED) is 0.885. The topological polar surface area (TPSA) is 84.2 Å². The highest BCUT2D eigenvalue weighted by molar-refractivity contribution is 5.96. The summed E-state index contributed by atoms with van der Waals surface area (Å²) in [5.74, 6) is -1.69. The van der Waals surface area contributed by atoms with Crippen molar-refractivity contribution >= 4 is 11.9 Å². The first-order valence-corrected chi connectivity index (χ1v) is 7.04. The van der Waals surface area contributed by atoms with Gasteiger partial charge >= 0.3 is 5.97 Å². The number of nitrogens with zero attached hydrogens (tertiary/aromatic N) is 2. The van der Waals surface area contributed by atoms with Crippen LogP contribution < -0.4 is 5.32 Å². The van der Waals surface area contributed by atoms with E-state index in [2.05, 4.69) is 10.4 Å². The lowest BCUT2D eigenvalue weighted by atomic mass is 10.0. The van der Waals surface area contributed by atoms with Crippen LogP contribution in [-0.4, -0.2) is 32.8 Å². The summed E-state index contributed by atoms with van der Waals surface area (Å²) in [5.41, 5.74) is 2.23. The highest BCUT2D eigenvalue weighted by Crippen LogP contribution is 2.13. The fourth-order valence-electron chi connectivity index (χ4n) is 2.13. The Morgan fingerprint density at radius 1 is 1.27 bits per heavy atom. The molecule has 1 heterocycles. The predicted octanol–water partition coefficient (Wildman–Crippen LogP) is 2.02. The molecule has 1 unspecified atom stereocenters. The number of carbonyl (C=O) groups is 2. The Labute approximate surface area is 128 Å². The highest BCUT2D eigenvalue weighted by atomic mass is 16.4. The van der Waals surface area contributed by atoms with E-state index in [-0.39, 0.29) is 5.92 Å². The maximum Gasteiger partial charge on any atom is 0.326 e. The van der Waals surface area contributed by atoms with E-state index in [1.54, 1.807) is 24.7 Å². The zero-order valence-electron chi connectivity index (χ0n) is 12.8. The van der Waals surface area contributed by atoms with E-state index in [1.165, 1.54) is 6.20 Å². The molecular formula is C16H19N3O3. The van der Waals surface area contributed by atoms with Crippen molar-refractivity contribution in [3.63, 3.8) is 0 Å². The molecule has 0 aliphatic rings. The summed E-state index contributed by atoms with van der Waals surface area (Å²) < 4.78 is 1.61. The summed E-state index contributed by atoms with van der Waals surface area (Å²) in [6.07, 6.45) is 3.03. The molecule has 1 aromatic heterocycles. The van der Waals surface area contributed by atoms with Gasteiger partial charge in [0.15, 0.2) is 0 Å². The zero-order valence-corrected chi connectivity index (χ0v) is 12.8. The summed E-state index contributed by atoms with van der Waals surface area (Å²) >= 11 is 0. The van der Waals surface area contributed by atoms with E-state index in [0.29, 0.717) is 5.56 Å². The number of hydrogen-bond acceptors (Lipinski definition) is 3. The van der Waals surface area contributed by atoms with E-state index < -0.39 is 17.9 Å². The molecule has 116 valence electrons. The van der Waals surface area contributed by atoms with E-state index in [4.69, 9.17) is 5.11 Å². The Morgan fingerprint density at radius 3 is 2.55 bits per heavy atom. The van der Waals surface area contributed by atoms with Gasteiger partial charge in [-0.15, -0.1) is 0 Å². The van der Waals surface area contributed by atoms with Gasteiger partial charge in [-0.05, 0) is 24.5 Å². The zero-order chi connectivity index (χ0) is 16.3. The molecule has 0 radical (unpaired) electrons. The lowest BCUT2D eigenvalue weighted by Crippen LogP contribution is -2.44. The molecule has 1 amide bonds. The number of carboxylic acids is 1. The lowest BCUT2D eigenvalue weighted by Gasteiger charge is -2.17. The molecule has 0 aliphatic carbocycles. The molecule has 2 aromatic rings. The van der Waals surface area contributed by atoms with Crippen molar-refractivity contribution in [1.82, 2.24) is 15.1 Å². The van der Waals surface area contributed by atoms with Gasteiger partial charge in [-0.3, -0.25) is 4.79 Å². The second kappa shape index (κ2) is 6.43. The van der Waals surface area contributed by atoms with E-state index in [1.807, 2.05) is 31.2 Å². The molecule has 0 saturated heterocycles. The van der Waals surface area contributed by atoms with E-state index in [0.717, 1.165) is 11.3 Å². The Kier molecular flexibility index (Phi) is 4.60. The third-order valence-electron chi connectivity index (χ3n) is 3.43.